The number of rotatable bonds is 1. The number of aromatic nitrogens is 3. The van der Waals surface area contributed by atoms with Crippen LogP contribution in [0.2, 0.25) is 0 Å². The molecule has 0 unspecified atom stereocenters. The van der Waals surface area contributed by atoms with Crippen molar-refractivity contribution in [3.8, 4) is 0 Å². The van der Waals surface area contributed by atoms with Gasteiger partial charge in [-0.3, -0.25) is 0 Å². The summed E-state index contributed by atoms with van der Waals surface area (Å²) in [7, 11) is 0. The lowest BCUT2D eigenvalue weighted by molar-refractivity contribution is -0.394. The smallest absolute Gasteiger partial charge is 0.390 e. The third kappa shape index (κ3) is 0.929. The second-order valence-electron chi connectivity index (χ2n) is 1.26. The van der Waals surface area contributed by atoms with E-state index in [0.717, 1.165) is 0 Å². The Bertz CT molecular complexity index is 271. The summed E-state index contributed by atoms with van der Waals surface area (Å²) < 4.78 is 0. The lowest BCUT2D eigenvalue weighted by Crippen LogP contribution is -2.01. The van der Waals surface area contributed by atoms with E-state index in [1.807, 2.05) is 10.1 Å². The molecule has 0 amide bonds. The number of H-pyrrole nitrogens is 2. The maximum absolute atomic E-state index is 10.1. The quantitative estimate of drug-likeness (QED) is 0.377. The molecule has 1 rings (SSSR count). The van der Waals surface area contributed by atoms with Crippen LogP contribution < -0.4 is 5.69 Å². The second kappa shape index (κ2) is 1.69. The highest BCUT2D eigenvalue weighted by Gasteiger charge is 2.06. The zero-order valence-electron chi connectivity index (χ0n) is 4.12. The van der Waals surface area contributed by atoms with Crippen LogP contribution in [0.25, 0.3) is 0 Å². The lowest BCUT2D eigenvalue weighted by Gasteiger charge is -1.82. The van der Waals surface area contributed by atoms with Gasteiger partial charge in [-0.2, -0.15) is 4.98 Å². The summed E-state index contributed by atoms with van der Waals surface area (Å²) in [5.41, 5.74) is -0.679. The van der Waals surface area contributed by atoms with Gasteiger partial charge in [-0.25, -0.2) is 4.79 Å². The summed E-state index contributed by atoms with van der Waals surface area (Å²) >= 11 is 0. The minimum Gasteiger partial charge on any atom is -0.390 e. The van der Waals surface area contributed by atoms with Crippen molar-refractivity contribution in [2.24, 2.45) is 0 Å². The van der Waals surface area contributed by atoms with Gasteiger partial charge in [0.2, 0.25) is 0 Å². The van der Waals surface area contributed by atoms with E-state index in [4.69, 9.17) is 0 Å². The molecule has 7 nitrogen and oxygen atoms in total. The van der Waals surface area contributed by atoms with Gasteiger partial charge in [-0.05, 0) is 4.92 Å². The Morgan fingerprint density at radius 3 is 2.67 bits per heavy atom. The molecule has 0 aliphatic heterocycles. The molecule has 0 radical (unpaired) electrons. The van der Waals surface area contributed by atoms with Crippen LogP contribution in [-0.4, -0.2) is 20.1 Å². The Morgan fingerprint density at radius 2 is 2.44 bits per heavy atom. The van der Waals surface area contributed by atoms with Crippen molar-refractivity contribution in [1.29, 1.82) is 0 Å². The summed E-state index contributed by atoms with van der Waals surface area (Å²) in [5, 5.41) is 14.6. The molecule has 1 heterocycles. The summed E-state index contributed by atoms with van der Waals surface area (Å²) in [4.78, 5) is 20.9. The van der Waals surface area contributed by atoms with Gasteiger partial charge in [-0.15, -0.1) is 5.10 Å². The monoisotopic (exact) mass is 132 g/mol. The fourth-order valence-electron chi connectivity index (χ4n) is 0.348. The van der Waals surface area contributed by atoms with Gasteiger partial charge < -0.3 is 10.1 Å². The van der Waals surface area contributed by atoms with Crippen LogP contribution in [0.1, 0.15) is 0 Å². The predicted octanol–water partition coefficient (Wildman–Crippen LogP) is -0.994. The maximum Gasteiger partial charge on any atom is 0.457 e. The largest absolute Gasteiger partial charge is 0.457 e. The maximum atomic E-state index is 10.1. The molecule has 0 bridgehead atoms. The molecular weight excluding hydrogens is 130 g/mol. The highest BCUT2D eigenvalue weighted by molar-refractivity contribution is 4.95. The fourth-order valence-corrected chi connectivity index (χ4v) is 0.348. The van der Waals surface area contributed by atoms with Gasteiger partial charge >= 0.3 is 11.6 Å². The second-order valence-corrected chi connectivity index (χ2v) is 1.26. The van der Waals surface area contributed by atoms with Crippen LogP contribution >= 0.6 is 0 Å². The van der Waals surface area contributed by atoms with Gasteiger partial charge in [-0.1, -0.05) is 0 Å². The van der Waals surface area contributed by atoms with Crippen LogP contribution in [-0.2, 0) is 0 Å². The minimum absolute atomic E-state index is 0.569. The molecular formula is C2H2N4O3. The first-order chi connectivity index (χ1) is 4.20. The topological polar surface area (TPSA) is 105 Å². The van der Waals surface area contributed by atoms with Crippen LogP contribution in [0.15, 0.2) is 4.79 Å². The molecule has 0 aliphatic carbocycles. The van der Waals surface area contributed by atoms with Gasteiger partial charge in [0, 0.05) is 5.10 Å². The van der Waals surface area contributed by atoms with Crippen molar-refractivity contribution >= 4 is 5.95 Å². The van der Waals surface area contributed by atoms with E-state index in [1.54, 1.807) is 0 Å². The Hall–Kier alpha value is -1.66. The zero-order chi connectivity index (χ0) is 6.85. The summed E-state index contributed by atoms with van der Waals surface area (Å²) in [5.74, 6) is -0.569. The Balaban J connectivity index is 3.12. The summed E-state index contributed by atoms with van der Waals surface area (Å²) in [6.07, 6.45) is 0. The fraction of sp³-hybridized carbons (Fsp3) is 0. The zero-order valence-corrected chi connectivity index (χ0v) is 4.12. The first-order valence-electron chi connectivity index (χ1n) is 1.99. The van der Waals surface area contributed by atoms with Crippen molar-refractivity contribution in [2.45, 2.75) is 0 Å². The molecule has 48 valence electrons. The van der Waals surface area contributed by atoms with E-state index in [1.165, 1.54) is 0 Å². The number of hydrogen-bond acceptors (Lipinski definition) is 4. The first-order valence-corrected chi connectivity index (χ1v) is 1.99. The van der Waals surface area contributed by atoms with Crippen molar-refractivity contribution in [3.63, 3.8) is 0 Å². The molecule has 9 heavy (non-hydrogen) atoms. The standard InChI is InChI=1S/C2H2N4O3/c7-2-3-1(4-5-2)6(8)9/h(H2,3,4,5,7)/i1+2. The normalized spacial score (nSPS) is 9.33. The van der Waals surface area contributed by atoms with Gasteiger partial charge in [0.25, 0.3) is 0 Å². The summed E-state index contributed by atoms with van der Waals surface area (Å²) in [6, 6.07) is 0. The van der Waals surface area contributed by atoms with E-state index >= 15 is 0 Å². The molecule has 0 spiro atoms. The number of aromatic amines is 2. The number of nitro groups is 1. The Labute approximate surface area is 47.9 Å². The molecule has 0 atom stereocenters. The molecule has 7 heteroatoms. The van der Waals surface area contributed by atoms with Crippen LogP contribution in [0.5, 0.6) is 0 Å². The van der Waals surface area contributed by atoms with Crippen molar-refractivity contribution in [1.82, 2.24) is 15.2 Å². The molecule has 2 N–H and O–H groups in total. The SMILES string of the molecule is O=c1[nH]n[14c]([N+](=O)[O-])[nH]1. The van der Waals surface area contributed by atoms with Gasteiger partial charge in [0.05, 0.1) is 0 Å². The van der Waals surface area contributed by atoms with Crippen molar-refractivity contribution in [2.75, 3.05) is 0 Å². The molecule has 0 aromatic carbocycles. The van der Waals surface area contributed by atoms with Gasteiger partial charge in [0.15, 0.2) is 0 Å². The van der Waals surface area contributed by atoms with E-state index in [2.05, 4.69) is 5.10 Å². The third-order valence-electron chi connectivity index (χ3n) is 0.662. The van der Waals surface area contributed by atoms with Crippen molar-refractivity contribution in [3.05, 3.63) is 20.6 Å². The first kappa shape index (κ1) is 5.48. The summed E-state index contributed by atoms with van der Waals surface area (Å²) in [6.45, 7) is 0. The molecule has 0 saturated carbocycles. The molecule has 0 fully saturated rings. The van der Waals surface area contributed by atoms with E-state index in [-0.39, 0.29) is 0 Å². The van der Waals surface area contributed by atoms with Crippen LogP contribution in [0.4, 0.5) is 5.95 Å². The van der Waals surface area contributed by atoms with Crippen molar-refractivity contribution < 1.29 is 4.92 Å². The van der Waals surface area contributed by atoms with Crippen LogP contribution in [0, 0.1) is 10.1 Å². The average molecular weight is 132 g/mol. The number of nitrogens with zero attached hydrogens (tertiary/aromatic N) is 2. The van der Waals surface area contributed by atoms with E-state index in [9.17, 15) is 14.9 Å². The molecule has 0 aliphatic rings. The highest BCUT2D eigenvalue weighted by Crippen LogP contribution is 1.91. The Morgan fingerprint density at radius 1 is 1.78 bits per heavy atom. The average Bonchev–Trinajstić information content (AvgIpc) is 2.14. The van der Waals surface area contributed by atoms with E-state index < -0.39 is 16.6 Å². The highest BCUT2D eigenvalue weighted by atomic mass is 16.7. The molecule has 0 saturated heterocycles. The minimum atomic E-state index is -0.794. The molecule has 1 aromatic heterocycles. The Kier molecular flexibility index (Phi) is 1.03. The predicted molar refractivity (Wildman–Crippen MR) is 25.9 cm³/mol. The van der Waals surface area contributed by atoms with Crippen LogP contribution in [0.3, 0.4) is 0 Å². The number of hydrogen-bond donors (Lipinski definition) is 2. The lowest BCUT2D eigenvalue weighted by atomic mass is 11.4. The third-order valence-corrected chi connectivity index (χ3v) is 0.662. The van der Waals surface area contributed by atoms with Gasteiger partial charge in [0.1, 0.15) is 0 Å². The number of nitrogens with one attached hydrogen (secondary N) is 2. The molecule has 1 aromatic rings. The van der Waals surface area contributed by atoms with E-state index in [0.29, 0.717) is 0 Å².